The first-order valence-corrected chi connectivity index (χ1v) is 10.8. The van der Waals surface area contributed by atoms with Gasteiger partial charge in [0, 0.05) is 56.4 Å². The number of ether oxygens (including phenoxy) is 1. The van der Waals surface area contributed by atoms with Crippen LogP contribution >= 0.6 is 0 Å². The second-order valence-electron chi connectivity index (χ2n) is 6.77. The monoisotopic (exact) mass is 469 g/mol. The highest BCUT2D eigenvalue weighted by atomic mass is 19.1. The zero-order chi connectivity index (χ0) is 25.5. The Balaban J connectivity index is 0.00000129. The summed E-state index contributed by atoms with van der Waals surface area (Å²) in [6.07, 6.45) is 4.93. The molecule has 3 aromatic rings. The lowest BCUT2D eigenvalue weighted by molar-refractivity contribution is 0.0950. The molecule has 5 nitrogen and oxygen atoms in total. The third-order valence-electron chi connectivity index (χ3n) is 4.25. The van der Waals surface area contributed by atoms with E-state index in [9.17, 15) is 13.6 Å². The maximum absolute atomic E-state index is 13.3. The molecule has 34 heavy (non-hydrogen) atoms. The lowest BCUT2D eigenvalue weighted by Gasteiger charge is -2.13. The van der Waals surface area contributed by atoms with Crippen molar-refractivity contribution in [2.75, 3.05) is 7.05 Å². The molecule has 0 aliphatic rings. The van der Waals surface area contributed by atoms with Crippen molar-refractivity contribution in [3.05, 3.63) is 101 Å². The molecule has 0 aliphatic carbocycles. The van der Waals surface area contributed by atoms with E-state index in [0.717, 1.165) is 11.8 Å². The van der Waals surface area contributed by atoms with Gasteiger partial charge >= 0.3 is 0 Å². The van der Waals surface area contributed by atoms with Crippen molar-refractivity contribution in [3.8, 4) is 11.5 Å². The molecular formula is C27H33F2N3O2. The van der Waals surface area contributed by atoms with Crippen LogP contribution in [0.4, 0.5) is 8.78 Å². The van der Waals surface area contributed by atoms with Crippen LogP contribution in [0, 0.1) is 25.5 Å². The number of halogens is 2. The fourth-order valence-corrected chi connectivity index (χ4v) is 2.78. The maximum atomic E-state index is 13.3. The fraction of sp³-hybridized carbons (Fsp3) is 0.222. The number of carbonyl (C=O) groups is 1. The van der Waals surface area contributed by atoms with Crippen molar-refractivity contribution in [2.24, 2.45) is 4.99 Å². The Hall–Kier alpha value is -3.87. The summed E-state index contributed by atoms with van der Waals surface area (Å²) in [5.41, 5.74) is 2.25. The number of rotatable bonds is 6. The molecule has 1 amide bonds. The summed E-state index contributed by atoms with van der Waals surface area (Å²) in [5, 5.41) is 2.67. The standard InChI is InChI=1S/C21H18F2N2O2.C4H7N.C2H6.H2/c1-13-8-18(6-7-24-13)27-20-5-3-4-19(14(20)2)21(26)25-12-15-9-16(22)11-17(23)10-15;1-3-4-5-2;1-2;/h3-11H,12H2,1-2H3,(H,25,26);3-4H,1H2,2H3;1-2H3;1H. The smallest absolute Gasteiger partial charge is 0.251 e. The topological polar surface area (TPSA) is 63.6 Å². The summed E-state index contributed by atoms with van der Waals surface area (Å²) < 4.78 is 32.4. The van der Waals surface area contributed by atoms with Gasteiger partial charge in [0.15, 0.2) is 0 Å². The van der Waals surface area contributed by atoms with Crippen LogP contribution in [-0.2, 0) is 6.54 Å². The number of aryl methyl sites for hydroxylation is 1. The number of benzene rings is 2. The molecule has 0 atom stereocenters. The first-order chi connectivity index (χ1) is 16.3. The molecule has 7 heteroatoms. The largest absolute Gasteiger partial charge is 0.457 e. The average molecular weight is 470 g/mol. The minimum absolute atomic E-state index is 0. The van der Waals surface area contributed by atoms with E-state index in [2.05, 4.69) is 21.9 Å². The number of aliphatic imine (C=N–C) groups is 1. The molecule has 0 spiro atoms. The zero-order valence-corrected chi connectivity index (χ0v) is 20.2. The van der Waals surface area contributed by atoms with Gasteiger partial charge in [0.25, 0.3) is 5.91 Å². The van der Waals surface area contributed by atoms with Gasteiger partial charge in [0.1, 0.15) is 23.1 Å². The molecule has 2 aromatic carbocycles. The van der Waals surface area contributed by atoms with E-state index < -0.39 is 11.6 Å². The first kappa shape index (κ1) is 28.2. The van der Waals surface area contributed by atoms with Crippen LogP contribution in [0.1, 0.15) is 42.5 Å². The number of hydrogen-bond acceptors (Lipinski definition) is 4. The van der Waals surface area contributed by atoms with Crippen molar-refractivity contribution in [1.29, 1.82) is 0 Å². The van der Waals surface area contributed by atoms with Crippen molar-refractivity contribution >= 4 is 12.1 Å². The average Bonchev–Trinajstić information content (AvgIpc) is 2.81. The molecule has 0 radical (unpaired) electrons. The molecule has 0 unspecified atom stereocenters. The highest BCUT2D eigenvalue weighted by Gasteiger charge is 2.13. The van der Waals surface area contributed by atoms with E-state index in [-0.39, 0.29) is 13.9 Å². The minimum Gasteiger partial charge on any atom is -0.457 e. The van der Waals surface area contributed by atoms with Gasteiger partial charge in [0.2, 0.25) is 0 Å². The van der Waals surface area contributed by atoms with Gasteiger partial charge in [-0.25, -0.2) is 8.78 Å². The molecule has 3 rings (SSSR count). The molecule has 0 aliphatic heterocycles. The van der Waals surface area contributed by atoms with Crippen LogP contribution < -0.4 is 10.1 Å². The Morgan fingerprint density at radius 1 is 1.15 bits per heavy atom. The lowest BCUT2D eigenvalue weighted by Crippen LogP contribution is -2.23. The van der Waals surface area contributed by atoms with Gasteiger partial charge < -0.3 is 10.1 Å². The number of pyridine rings is 1. The summed E-state index contributed by atoms with van der Waals surface area (Å²) in [4.78, 5) is 20.2. The highest BCUT2D eigenvalue weighted by molar-refractivity contribution is 5.96. The molecule has 1 N–H and O–H groups in total. The number of carbonyl (C=O) groups excluding carboxylic acids is 1. The second kappa shape index (κ2) is 15.1. The molecule has 182 valence electrons. The quantitative estimate of drug-likeness (QED) is 0.402. The van der Waals surface area contributed by atoms with E-state index in [4.69, 9.17) is 4.74 Å². The fourth-order valence-electron chi connectivity index (χ4n) is 2.78. The predicted molar refractivity (Wildman–Crippen MR) is 136 cm³/mol. The summed E-state index contributed by atoms with van der Waals surface area (Å²) in [7, 11) is 1.71. The predicted octanol–water partition coefficient (Wildman–Crippen LogP) is 6.84. The third kappa shape index (κ3) is 9.32. The Morgan fingerprint density at radius 2 is 1.82 bits per heavy atom. The maximum Gasteiger partial charge on any atom is 0.251 e. The molecule has 0 saturated heterocycles. The molecule has 1 heterocycles. The van der Waals surface area contributed by atoms with Crippen molar-refractivity contribution in [3.63, 3.8) is 0 Å². The highest BCUT2D eigenvalue weighted by Crippen LogP contribution is 2.27. The van der Waals surface area contributed by atoms with Crippen molar-refractivity contribution in [2.45, 2.75) is 34.2 Å². The zero-order valence-electron chi connectivity index (χ0n) is 20.2. The van der Waals surface area contributed by atoms with Crippen LogP contribution in [0.5, 0.6) is 11.5 Å². The Kier molecular flexibility index (Phi) is 12.5. The van der Waals surface area contributed by atoms with E-state index in [1.54, 1.807) is 62.8 Å². The van der Waals surface area contributed by atoms with Gasteiger partial charge in [0.05, 0.1) is 0 Å². The molecule has 1 aromatic heterocycles. The first-order valence-electron chi connectivity index (χ1n) is 10.8. The number of nitrogens with one attached hydrogen (secondary N) is 1. The number of nitrogens with zero attached hydrogens (tertiary/aromatic N) is 2. The number of aromatic nitrogens is 1. The van der Waals surface area contributed by atoms with Gasteiger partial charge in [-0.05, 0) is 49.7 Å². The lowest BCUT2D eigenvalue weighted by atomic mass is 10.1. The van der Waals surface area contributed by atoms with Crippen LogP contribution in [-0.4, -0.2) is 24.2 Å². The van der Waals surface area contributed by atoms with Gasteiger partial charge in [-0.15, -0.1) is 0 Å². The normalized spacial score (nSPS) is 9.85. The van der Waals surface area contributed by atoms with Crippen LogP contribution in [0.2, 0.25) is 0 Å². The number of amides is 1. The van der Waals surface area contributed by atoms with Crippen LogP contribution in [0.15, 0.2) is 72.4 Å². The Labute approximate surface area is 201 Å². The number of allylic oxidation sites excluding steroid dienone is 1. The van der Waals surface area contributed by atoms with Gasteiger partial charge in [-0.2, -0.15) is 0 Å². The van der Waals surface area contributed by atoms with Gasteiger partial charge in [-0.1, -0.05) is 32.6 Å². The van der Waals surface area contributed by atoms with Gasteiger partial charge in [-0.3, -0.25) is 14.8 Å². The van der Waals surface area contributed by atoms with Crippen molar-refractivity contribution in [1.82, 2.24) is 10.3 Å². The summed E-state index contributed by atoms with van der Waals surface area (Å²) in [6, 6.07) is 11.8. The summed E-state index contributed by atoms with van der Waals surface area (Å²) >= 11 is 0. The molecule has 0 fully saturated rings. The third-order valence-corrected chi connectivity index (χ3v) is 4.25. The minimum atomic E-state index is -0.682. The van der Waals surface area contributed by atoms with E-state index in [1.807, 2.05) is 20.8 Å². The van der Waals surface area contributed by atoms with E-state index in [1.165, 1.54) is 12.1 Å². The molecular weight excluding hydrogens is 436 g/mol. The SMILES string of the molecule is C=CC=NC.CC.Cc1cc(Oc2cccc(C(=O)NCc3cc(F)cc(F)c3)c2C)ccn1.[HH]. The molecule has 0 saturated carbocycles. The number of hydrogen-bond donors (Lipinski definition) is 1. The molecule has 0 bridgehead atoms. The van der Waals surface area contributed by atoms with Crippen molar-refractivity contribution < 1.29 is 19.7 Å². The van der Waals surface area contributed by atoms with Crippen LogP contribution in [0.3, 0.4) is 0 Å². The van der Waals surface area contributed by atoms with E-state index in [0.29, 0.717) is 28.2 Å². The second-order valence-corrected chi connectivity index (χ2v) is 6.77. The van der Waals surface area contributed by atoms with E-state index >= 15 is 0 Å². The van der Waals surface area contributed by atoms with Crippen LogP contribution in [0.25, 0.3) is 0 Å². The summed E-state index contributed by atoms with van der Waals surface area (Å²) in [6.45, 7) is 11.1. The Morgan fingerprint density at radius 3 is 2.38 bits per heavy atom. The summed E-state index contributed by atoms with van der Waals surface area (Å²) in [5.74, 6) is -0.547. The Bertz CT molecular complexity index is 1100.